The highest BCUT2D eigenvalue weighted by atomic mass is 32.2. The molecule has 2 aromatic heterocycles. The Morgan fingerprint density at radius 1 is 1.11 bits per heavy atom. The molecule has 0 radical (unpaired) electrons. The van der Waals surface area contributed by atoms with E-state index in [9.17, 15) is 27.5 Å². The van der Waals surface area contributed by atoms with Gasteiger partial charge in [-0.15, -0.1) is 0 Å². The number of carbonyl (C=O) groups is 1. The predicted molar refractivity (Wildman–Crippen MR) is 127 cm³/mol. The second kappa shape index (κ2) is 8.31. The molecule has 1 saturated heterocycles. The summed E-state index contributed by atoms with van der Waals surface area (Å²) in [6.07, 6.45) is 0.0349. The van der Waals surface area contributed by atoms with E-state index in [1.165, 1.54) is 12.1 Å². The number of sulfone groups is 1. The minimum absolute atomic E-state index is 0.135. The van der Waals surface area contributed by atoms with Gasteiger partial charge in [0.05, 0.1) is 41.9 Å². The average molecular weight is 500 g/mol. The second-order valence-corrected chi connectivity index (χ2v) is 11.1. The van der Waals surface area contributed by atoms with Crippen LogP contribution in [0.2, 0.25) is 0 Å². The van der Waals surface area contributed by atoms with Gasteiger partial charge < -0.3 is 19.3 Å². The SMILES string of the molecule is Cc1c(CC(=O)N[C@@H]2CS(=O)(=O)C[C@@H]2O)c(=O)oc2c(C)c3occ(-c4ccc(F)cc4)c3cc12. The molecule has 2 aromatic carbocycles. The lowest BCUT2D eigenvalue weighted by molar-refractivity contribution is -0.121. The molecule has 0 unspecified atom stereocenters. The number of carbonyl (C=O) groups excluding carboxylic acids is 1. The molecule has 4 aromatic rings. The Morgan fingerprint density at radius 2 is 1.83 bits per heavy atom. The van der Waals surface area contributed by atoms with E-state index in [2.05, 4.69) is 5.32 Å². The number of furan rings is 1. The number of nitrogens with one attached hydrogen (secondary N) is 1. The Hall–Kier alpha value is -3.50. The van der Waals surface area contributed by atoms with Crippen molar-refractivity contribution in [1.82, 2.24) is 5.32 Å². The van der Waals surface area contributed by atoms with Gasteiger partial charge in [0, 0.05) is 21.9 Å². The molecule has 0 spiro atoms. The number of aliphatic hydroxyl groups excluding tert-OH is 1. The molecule has 10 heteroatoms. The van der Waals surface area contributed by atoms with Crippen molar-refractivity contribution >= 4 is 37.7 Å². The maximum atomic E-state index is 13.4. The van der Waals surface area contributed by atoms with E-state index in [0.717, 1.165) is 16.5 Å². The zero-order valence-electron chi connectivity index (χ0n) is 18.9. The fourth-order valence-electron chi connectivity index (χ4n) is 4.64. The summed E-state index contributed by atoms with van der Waals surface area (Å²) >= 11 is 0. The highest BCUT2D eigenvalue weighted by Crippen LogP contribution is 2.37. The zero-order valence-corrected chi connectivity index (χ0v) is 19.7. The topological polar surface area (TPSA) is 127 Å². The van der Waals surface area contributed by atoms with E-state index in [4.69, 9.17) is 8.83 Å². The molecule has 0 aliphatic carbocycles. The summed E-state index contributed by atoms with van der Waals surface area (Å²) < 4.78 is 48.1. The largest absolute Gasteiger partial charge is 0.463 e. The van der Waals surface area contributed by atoms with Crippen molar-refractivity contribution < 1.29 is 31.5 Å². The molecule has 35 heavy (non-hydrogen) atoms. The first kappa shape index (κ1) is 23.3. The van der Waals surface area contributed by atoms with Crippen molar-refractivity contribution in [3.05, 3.63) is 69.5 Å². The van der Waals surface area contributed by atoms with E-state index < -0.39 is 39.3 Å². The summed E-state index contributed by atoms with van der Waals surface area (Å²) in [6.45, 7) is 3.47. The number of amides is 1. The highest BCUT2D eigenvalue weighted by Gasteiger charge is 2.37. The molecule has 3 heterocycles. The van der Waals surface area contributed by atoms with Gasteiger partial charge in [-0.3, -0.25) is 4.79 Å². The van der Waals surface area contributed by atoms with Gasteiger partial charge in [-0.05, 0) is 43.2 Å². The van der Waals surface area contributed by atoms with E-state index in [1.54, 1.807) is 32.2 Å². The Kier molecular flexibility index (Phi) is 5.52. The van der Waals surface area contributed by atoms with Crippen LogP contribution in [0.3, 0.4) is 0 Å². The Morgan fingerprint density at radius 3 is 2.49 bits per heavy atom. The predicted octanol–water partition coefficient (Wildman–Crippen LogP) is 2.78. The zero-order chi connectivity index (χ0) is 25.1. The van der Waals surface area contributed by atoms with Gasteiger partial charge in [-0.1, -0.05) is 12.1 Å². The number of hydrogen-bond acceptors (Lipinski definition) is 7. The van der Waals surface area contributed by atoms with Crippen molar-refractivity contribution in [2.75, 3.05) is 11.5 Å². The van der Waals surface area contributed by atoms with Crippen molar-refractivity contribution in [1.29, 1.82) is 0 Å². The van der Waals surface area contributed by atoms with Crippen molar-refractivity contribution in [3.8, 4) is 11.1 Å². The number of halogens is 1. The van der Waals surface area contributed by atoms with Crippen LogP contribution >= 0.6 is 0 Å². The molecular weight excluding hydrogens is 477 g/mol. The lowest BCUT2D eigenvalue weighted by Gasteiger charge is -2.15. The van der Waals surface area contributed by atoms with E-state index in [1.807, 2.05) is 6.07 Å². The molecule has 5 rings (SSSR count). The third kappa shape index (κ3) is 4.12. The maximum absolute atomic E-state index is 13.4. The summed E-state index contributed by atoms with van der Waals surface area (Å²) in [6, 6.07) is 6.89. The van der Waals surface area contributed by atoms with E-state index in [-0.39, 0.29) is 23.6 Å². The lowest BCUT2D eigenvalue weighted by atomic mass is 9.97. The molecule has 0 saturated carbocycles. The molecule has 182 valence electrons. The van der Waals surface area contributed by atoms with Crippen LogP contribution in [-0.4, -0.2) is 43.1 Å². The number of benzene rings is 2. The molecule has 1 aliphatic rings. The van der Waals surface area contributed by atoms with Gasteiger partial charge in [0.1, 0.15) is 17.0 Å². The summed E-state index contributed by atoms with van der Waals surface area (Å²) in [7, 11) is -3.43. The highest BCUT2D eigenvalue weighted by molar-refractivity contribution is 7.91. The fraction of sp³-hybridized carbons (Fsp3) is 0.280. The summed E-state index contributed by atoms with van der Waals surface area (Å²) in [5, 5.41) is 13.8. The van der Waals surface area contributed by atoms with E-state index in [0.29, 0.717) is 27.7 Å². The summed E-state index contributed by atoms with van der Waals surface area (Å²) in [5.41, 5.74) is 2.97. The number of aliphatic hydroxyl groups is 1. The Bertz CT molecular complexity index is 1650. The third-order valence-electron chi connectivity index (χ3n) is 6.50. The van der Waals surface area contributed by atoms with Crippen LogP contribution in [-0.2, 0) is 21.1 Å². The van der Waals surface area contributed by atoms with Crippen LogP contribution < -0.4 is 10.9 Å². The van der Waals surface area contributed by atoms with Crippen LogP contribution in [0.1, 0.15) is 16.7 Å². The lowest BCUT2D eigenvalue weighted by Crippen LogP contribution is -2.43. The molecule has 0 bridgehead atoms. The quantitative estimate of drug-likeness (QED) is 0.414. The standard InChI is InChI=1S/C25H22FNO7S/c1-12-16-7-18-19(14-3-5-15(26)6-4-14)9-33-23(18)13(2)24(16)34-25(30)17(12)8-22(29)27-20-10-35(31,32)11-21(20)28/h3-7,9,20-21,28H,8,10-11H2,1-2H3,(H,27,29)/t20-,21+/m1/s1. The van der Waals surface area contributed by atoms with Gasteiger partial charge in [0.2, 0.25) is 5.91 Å². The summed E-state index contributed by atoms with van der Waals surface area (Å²) in [5.74, 6) is -1.71. The van der Waals surface area contributed by atoms with Crippen LogP contribution in [0.25, 0.3) is 33.1 Å². The first-order valence-electron chi connectivity index (χ1n) is 10.9. The molecule has 1 amide bonds. The van der Waals surface area contributed by atoms with Crippen LogP contribution in [0.15, 0.2) is 50.2 Å². The number of hydrogen-bond donors (Lipinski definition) is 2. The van der Waals surface area contributed by atoms with Crippen molar-refractivity contribution in [2.24, 2.45) is 0 Å². The summed E-state index contributed by atoms with van der Waals surface area (Å²) in [4.78, 5) is 25.4. The molecule has 2 atom stereocenters. The third-order valence-corrected chi connectivity index (χ3v) is 8.22. The first-order valence-corrected chi connectivity index (χ1v) is 12.8. The minimum atomic E-state index is -3.43. The smallest absolute Gasteiger partial charge is 0.340 e. The van der Waals surface area contributed by atoms with Gasteiger partial charge in [-0.25, -0.2) is 17.6 Å². The molecular formula is C25H22FNO7S. The maximum Gasteiger partial charge on any atom is 0.340 e. The number of aryl methyl sites for hydroxylation is 2. The monoisotopic (exact) mass is 499 g/mol. The second-order valence-electron chi connectivity index (χ2n) is 8.90. The minimum Gasteiger partial charge on any atom is -0.463 e. The van der Waals surface area contributed by atoms with Crippen molar-refractivity contribution in [3.63, 3.8) is 0 Å². The number of fused-ring (bicyclic) bond motifs is 2. The van der Waals surface area contributed by atoms with E-state index >= 15 is 0 Å². The van der Waals surface area contributed by atoms with Gasteiger partial charge in [0.15, 0.2) is 9.84 Å². The molecule has 1 aliphatic heterocycles. The van der Waals surface area contributed by atoms with Gasteiger partial charge in [-0.2, -0.15) is 0 Å². The molecule has 2 N–H and O–H groups in total. The fourth-order valence-corrected chi connectivity index (χ4v) is 6.38. The van der Waals surface area contributed by atoms with Gasteiger partial charge >= 0.3 is 5.63 Å². The van der Waals surface area contributed by atoms with Gasteiger partial charge in [0.25, 0.3) is 0 Å². The van der Waals surface area contributed by atoms with Crippen LogP contribution in [0.4, 0.5) is 4.39 Å². The molecule has 8 nitrogen and oxygen atoms in total. The van der Waals surface area contributed by atoms with Crippen molar-refractivity contribution in [2.45, 2.75) is 32.4 Å². The molecule has 1 fully saturated rings. The normalized spacial score (nSPS) is 19.4. The van der Waals surface area contributed by atoms with Crippen LogP contribution in [0.5, 0.6) is 0 Å². The first-order chi connectivity index (χ1) is 16.5. The number of rotatable bonds is 4. The Labute approximate surface area is 199 Å². The van der Waals surface area contributed by atoms with Crippen LogP contribution in [0, 0.1) is 19.7 Å². The Balaban J connectivity index is 1.55. The average Bonchev–Trinajstić information content (AvgIpc) is 3.32.